The number of hydrogen-bond donors (Lipinski definition) is 0. The highest BCUT2D eigenvalue weighted by atomic mass is 16.7. The van der Waals surface area contributed by atoms with Crippen LogP contribution in [0.2, 0.25) is 0 Å². The largest absolute Gasteiger partial charge is 0.514 e. The van der Waals surface area contributed by atoms with Gasteiger partial charge in [0, 0.05) is 10.9 Å². The first kappa shape index (κ1) is 33.8. The van der Waals surface area contributed by atoms with Gasteiger partial charge in [-0.2, -0.15) is 10.2 Å². The zero-order chi connectivity index (χ0) is 34.5. The van der Waals surface area contributed by atoms with Crippen molar-refractivity contribution in [2.75, 3.05) is 4.90 Å². The molecule has 12 nitrogen and oxygen atoms in total. The van der Waals surface area contributed by atoms with E-state index in [9.17, 15) is 19.6 Å². The summed E-state index contributed by atoms with van der Waals surface area (Å²) in [6.07, 6.45) is -1.58. The van der Waals surface area contributed by atoms with Crippen molar-refractivity contribution in [2.45, 2.75) is 99.9 Å². The van der Waals surface area contributed by atoms with Gasteiger partial charge in [0.05, 0.1) is 23.0 Å². The summed E-state index contributed by atoms with van der Waals surface area (Å²) in [6.45, 7) is 20.4. The molecule has 0 unspecified atom stereocenters. The summed E-state index contributed by atoms with van der Waals surface area (Å²) in [4.78, 5) is 46.2. The van der Waals surface area contributed by atoms with Gasteiger partial charge in [-0.15, -0.1) is 0 Å². The molecule has 0 saturated heterocycles. The van der Waals surface area contributed by atoms with Gasteiger partial charge in [0.2, 0.25) is 0 Å². The van der Waals surface area contributed by atoms with Gasteiger partial charge in [-0.25, -0.2) is 19.4 Å². The third-order valence-electron chi connectivity index (χ3n) is 6.52. The number of amides is 2. The molecule has 0 aliphatic rings. The molecule has 0 saturated carbocycles. The zero-order valence-corrected chi connectivity index (χ0v) is 28.4. The fraction of sp³-hybridized carbons (Fsp3) is 0.441. The van der Waals surface area contributed by atoms with Gasteiger partial charge in [-0.1, -0.05) is 6.07 Å². The number of hydrogen-bond acceptors (Lipinski definition) is 10. The van der Waals surface area contributed by atoms with Crippen LogP contribution in [0.3, 0.4) is 0 Å². The van der Waals surface area contributed by atoms with Gasteiger partial charge in [0.25, 0.3) is 0 Å². The molecule has 0 fully saturated rings. The maximum atomic E-state index is 14.0. The minimum atomic E-state index is -1.07. The lowest BCUT2D eigenvalue weighted by Crippen LogP contribution is -2.45. The van der Waals surface area contributed by atoms with E-state index < -0.39 is 35.1 Å². The summed E-state index contributed by atoms with van der Waals surface area (Å²) in [5, 5.41) is 11.6. The summed E-state index contributed by atoms with van der Waals surface area (Å²) >= 11 is 0. The lowest BCUT2D eigenvalue weighted by Gasteiger charge is -2.29. The van der Waals surface area contributed by atoms with E-state index in [1.807, 2.05) is 0 Å². The zero-order valence-electron chi connectivity index (χ0n) is 28.4. The predicted octanol–water partition coefficient (Wildman–Crippen LogP) is 8.56. The average Bonchev–Trinajstić information content (AvgIpc) is 3.47. The van der Waals surface area contributed by atoms with E-state index in [2.05, 4.69) is 6.07 Å². The fourth-order valence-corrected chi connectivity index (χ4v) is 4.93. The van der Waals surface area contributed by atoms with Crippen LogP contribution in [0, 0.1) is 32.1 Å². The number of nitrogens with zero attached hydrogens (tertiary/aromatic N) is 4. The minimum Gasteiger partial charge on any atom is -0.462 e. The summed E-state index contributed by atoms with van der Waals surface area (Å²) in [5.74, 6) is -0.00873. The Labute approximate surface area is 267 Å². The van der Waals surface area contributed by atoms with E-state index >= 15 is 0 Å². The lowest BCUT2D eigenvalue weighted by atomic mass is 10.1. The van der Waals surface area contributed by atoms with Crippen LogP contribution in [0.4, 0.5) is 20.2 Å². The summed E-state index contributed by atoms with van der Waals surface area (Å²) < 4.78 is 29.6. The lowest BCUT2D eigenvalue weighted by molar-refractivity contribution is 0.0203. The molecule has 0 N–H and O–H groups in total. The van der Waals surface area contributed by atoms with Crippen LogP contribution in [0.15, 0.2) is 28.9 Å². The number of rotatable bonds is 3. The van der Waals surface area contributed by atoms with Crippen LogP contribution in [-0.4, -0.2) is 44.7 Å². The highest BCUT2D eigenvalue weighted by molar-refractivity contribution is 6.16. The molecular weight excluding hydrogens is 592 g/mol. The summed E-state index contributed by atoms with van der Waals surface area (Å²) in [5.41, 5.74) is -0.216. The van der Waals surface area contributed by atoms with Crippen molar-refractivity contribution in [3.8, 4) is 17.5 Å². The van der Waals surface area contributed by atoms with Crippen molar-refractivity contribution in [1.29, 1.82) is 5.26 Å². The third kappa shape index (κ3) is 6.78. The van der Waals surface area contributed by atoms with Gasteiger partial charge in [0.1, 0.15) is 39.8 Å². The SMILES string of the molecule is Cc1ccc(OC(=O)OC(C)(C)C)c(C)c1-n1c(N(C(=O)OC(C)(C)C)C(=O)OC(C)(C)C)c(C#N)c2c3ccoc3c(C)nc21. The molecule has 1 aromatic carbocycles. The van der Waals surface area contributed by atoms with Crippen LogP contribution in [-0.2, 0) is 14.2 Å². The van der Waals surface area contributed by atoms with E-state index in [1.54, 1.807) is 101 Å². The van der Waals surface area contributed by atoms with Crippen molar-refractivity contribution in [1.82, 2.24) is 9.55 Å². The van der Waals surface area contributed by atoms with Gasteiger partial charge in [-0.05, 0) is 101 Å². The molecule has 4 rings (SSSR count). The number of imide groups is 1. The van der Waals surface area contributed by atoms with Crippen molar-refractivity contribution in [3.05, 3.63) is 46.8 Å². The number of fused-ring (bicyclic) bond motifs is 3. The Morgan fingerprint density at radius 3 is 1.96 bits per heavy atom. The number of anilines is 1. The quantitative estimate of drug-likeness (QED) is 0.122. The number of pyridine rings is 1. The summed E-state index contributed by atoms with van der Waals surface area (Å²) in [7, 11) is 0. The Bertz CT molecular complexity index is 1880. The normalized spacial score (nSPS) is 12.2. The second kappa shape index (κ2) is 11.7. The first-order valence-corrected chi connectivity index (χ1v) is 14.7. The molecule has 3 aromatic heterocycles. The van der Waals surface area contributed by atoms with Gasteiger partial charge in [0.15, 0.2) is 11.4 Å². The van der Waals surface area contributed by atoms with Gasteiger partial charge in [-0.3, -0.25) is 4.57 Å². The number of aryl methyl sites for hydroxylation is 2. The Kier molecular flexibility index (Phi) is 8.61. The molecule has 0 radical (unpaired) electrons. The molecular formula is C34H40N4O8. The van der Waals surface area contributed by atoms with E-state index in [-0.39, 0.29) is 22.8 Å². The molecule has 46 heavy (non-hydrogen) atoms. The van der Waals surface area contributed by atoms with Crippen molar-refractivity contribution in [3.63, 3.8) is 0 Å². The molecule has 0 atom stereocenters. The summed E-state index contributed by atoms with van der Waals surface area (Å²) in [6, 6.07) is 7.20. The first-order chi connectivity index (χ1) is 21.1. The van der Waals surface area contributed by atoms with Crippen molar-refractivity contribution >= 4 is 46.2 Å². The highest BCUT2D eigenvalue weighted by Gasteiger charge is 2.39. The first-order valence-electron chi connectivity index (χ1n) is 14.7. The number of aromatic nitrogens is 2. The van der Waals surface area contributed by atoms with Gasteiger partial charge < -0.3 is 23.4 Å². The molecule has 3 heterocycles. The smallest absolute Gasteiger partial charge is 0.462 e. The second-order valence-corrected chi connectivity index (χ2v) is 13.9. The molecule has 244 valence electrons. The molecule has 0 aliphatic heterocycles. The topological polar surface area (TPSA) is 146 Å². The van der Waals surface area contributed by atoms with Crippen LogP contribution in [0.5, 0.6) is 5.75 Å². The maximum absolute atomic E-state index is 14.0. The van der Waals surface area contributed by atoms with E-state index in [0.717, 1.165) is 0 Å². The highest BCUT2D eigenvalue weighted by Crippen LogP contribution is 2.43. The number of carbonyl (C=O) groups excluding carboxylic acids is 3. The second-order valence-electron chi connectivity index (χ2n) is 13.9. The maximum Gasteiger partial charge on any atom is 0.514 e. The standard InChI is InChI=1S/C34H40N4O8/c1-18-13-14-23(43-31(41)46-34(10,11)12)19(2)25(18)37-27-24(21-15-16-42-26(21)20(3)36-27)22(17-35)28(37)38(29(39)44-32(4,5)6)30(40)45-33(7,8)9/h13-16H,1-12H3. The Morgan fingerprint density at radius 2 is 1.43 bits per heavy atom. The average molecular weight is 633 g/mol. The molecule has 0 aliphatic carbocycles. The van der Waals surface area contributed by atoms with Crippen LogP contribution in [0.25, 0.3) is 27.7 Å². The van der Waals surface area contributed by atoms with Crippen molar-refractivity contribution < 1.29 is 37.7 Å². The molecule has 12 heteroatoms. The predicted molar refractivity (Wildman–Crippen MR) is 172 cm³/mol. The van der Waals surface area contributed by atoms with E-state index in [1.165, 1.54) is 10.8 Å². The van der Waals surface area contributed by atoms with E-state index in [0.29, 0.717) is 43.8 Å². The number of nitriles is 1. The number of benzene rings is 1. The molecule has 4 aromatic rings. The monoisotopic (exact) mass is 632 g/mol. The van der Waals surface area contributed by atoms with Gasteiger partial charge >= 0.3 is 18.3 Å². The van der Waals surface area contributed by atoms with Crippen molar-refractivity contribution in [2.24, 2.45) is 0 Å². The van der Waals surface area contributed by atoms with Crippen LogP contribution in [0.1, 0.15) is 84.7 Å². The fourth-order valence-electron chi connectivity index (χ4n) is 4.93. The van der Waals surface area contributed by atoms with Crippen LogP contribution < -0.4 is 9.64 Å². The Hall–Kier alpha value is -5.05. The Balaban J connectivity index is 2.17. The number of carbonyl (C=O) groups is 3. The van der Waals surface area contributed by atoms with E-state index in [4.69, 9.17) is 28.3 Å². The number of ether oxygens (including phenoxy) is 4. The minimum absolute atomic E-state index is 0.0529. The molecule has 2 amide bonds. The molecule has 0 bridgehead atoms. The Morgan fingerprint density at radius 1 is 0.870 bits per heavy atom. The molecule has 0 spiro atoms. The van der Waals surface area contributed by atoms with Crippen LogP contribution >= 0.6 is 0 Å². The third-order valence-corrected chi connectivity index (χ3v) is 6.52. The number of furan rings is 1.